The van der Waals surface area contributed by atoms with Crippen LogP contribution in [0.2, 0.25) is 0 Å². The summed E-state index contributed by atoms with van der Waals surface area (Å²) in [5, 5.41) is 16.3. The highest BCUT2D eigenvalue weighted by atomic mass is 16.6. The van der Waals surface area contributed by atoms with Gasteiger partial charge in [-0.2, -0.15) is 10.1 Å². The number of nitro groups is 1. The van der Waals surface area contributed by atoms with Gasteiger partial charge in [-0.3, -0.25) is 19.7 Å². The number of carbonyl (C=O) groups is 2. The lowest BCUT2D eigenvalue weighted by Gasteiger charge is -2.13. The van der Waals surface area contributed by atoms with Crippen LogP contribution in [0.3, 0.4) is 0 Å². The quantitative estimate of drug-likeness (QED) is 0.229. The minimum atomic E-state index is -0.513. The van der Waals surface area contributed by atoms with E-state index in [2.05, 4.69) is 5.10 Å². The summed E-state index contributed by atoms with van der Waals surface area (Å²) in [5.41, 5.74) is 2.26. The van der Waals surface area contributed by atoms with Gasteiger partial charge in [0.15, 0.2) is 0 Å². The van der Waals surface area contributed by atoms with E-state index in [9.17, 15) is 19.7 Å². The van der Waals surface area contributed by atoms with Gasteiger partial charge in [0.1, 0.15) is 12.4 Å². The van der Waals surface area contributed by atoms with E-state index in [1.54, 1.807) is 0 Å². The third-order valence-electron chi connectivity index (χ3n) is 6.48. The van der Waals surface area contributed by atoms with Gasteiger partial charge in [0, 0.05) is 17.7 Å². The molecule has 3 aliphatic rings. The number of benzene rings is 2. The Hall–Kier alpha value is -3.81. The Bertz CT molecular complexity index is 1140. The van der Waals surface area contributed by atoms with Crippen LogP contribution in [0.25, 0.3) is 0 Å². The molecule has 5 rings (SSSR count). The van der Waals surface area contributed by atoms with E-state index in [-0.39, 0.29) is 47.8 Å². The first-order valence-electron chi connectivity index (χ1n) is 10.5. The molecule has 4 unspecified atom stereocenters. The van der Waals surface area contributed by atoms with Crippen LogP contribution in [0.5, 0.6) is 5.75 Å². The number of nitrogens with zero attached hydrogens (tertiary/aromatic N) is 3. The number of carbonyl (C=O) groups excluding carboxylic acids is 2. The summed E-state index contributed by atoms with van der Waals surface area (Å²) in [7, 11) is 0. The fraction of sp³-hybridized carbons (Fsp3) is 0.292. The molecule has 1 aliphatic heterocycles. The second kappa shape index (κ2) is 7.71. The van der Waals surface area contributed by atoms with Gasteiger partial charge in [0.2, 0.25) is 0 Å². The van der Waals surface area contributed by atoms with Crippen LogP contribution in [0, 0.1) is 40.7 Å². The second-order valence-corrected chi connectivity index (χ2v) is 8.49. The number of aryl methyl sites for hydroxylation is 1. The molecule has 2 fully saturated rings. The maximum absolute atomic E-state index is 12.8. The Morgan fingerprint density at radius 1 is 1.09 bits per heavy atom. The van der Waals surface area contributed by atoms with Gasteiger partial charge >= 0.3 is 0 Å². The molecule has 1 saturated heterocycles. The van der Waals surface area contributed by atoms with Gasteiger partial charge in [-0.15, -0.1) is 0 Å². The van der Waals surface area contributed by atoms with Gasteiger partial charge in [0.05, 0.1) is 23.0 Å². The number of hydrazone groups is 1. The van der Waals surface area contributed by atoms with Crippen molar-refractivity contribution in [1.82, 2.24) is 5.01 Å². The summed E-state index contributed by atoms with van der Waals surface area (Å²) in [5.74, 6) is -0.753. The maximum Gasteiger partial charge on any atom is 0.270 e. The van der Waals surface area contributed by atoms with Crippen LogP contribution in [-0.2, 0) is 16.2 Å². The molecule has 1 saturated carbocycles. The highest BCUT2D eigenvalue weighted by Gasteiger charge is 2.59. The van der Waals surface area contributed by atoms with Crippen LogP contribution >= 0.6 is 0 Å². The Balaban J connectivity index is 1.39. The number of allylic oxidation sites excluding steroid dienone is 2. The molecule has 2 aromatic rings. The number of non-ortho nitro benzene ring substituents is 1. The fourth-order valence-electron chi connectivity index (χ4n) is 4.85. The third kappa shape index (κ3) is 3.37. The molecule has 32 heavy (non-hydrogen) atoms. The summed E-state index contributed by atoms with van der Waals surface area (Å²) in [6.45, 7) is 2.26. The van der Waals surface area contributed by atoms with E-state index in [0.29, 0.717) is 11.3 Å². The van der Waals surface area contributed by atoms with Crippen LogP contribution in [0.4, 0.5) is 5.69 Å². The summed E-state index contributed by atoms with van der Waals surface area (Å²) in [6.07, 6.45) is 6.17. The highest BCUT2D eigenvalue weighted by Crippen LogP contribution is 2.52. The second-order valence-electron chi connectivity index (χ2n) is 8.49. The van der Waals surface area contributed by atoms with Crippen molar-refractivity contribution in [3.8, 4) is 5.75 Å². The zero-order chi connectivity index (χ0) is 22.4. The third-order valence-corrected chi connectivity index (χ3v) is 6.48. The SMILES string of the molecule is Cc1ccc(COc2ccc([N+](=O)[O-])cc2C=NN2C(=O)C3C4C=CC(C4)C3C2=O)cc1. The number of hydrogen-bond donors (Lipinski definition) is 0. The molecule has 2 bridgehead atoms. The average Bonchev–Trinajstić information content (AvgIpc) is 3.46. The standard InChI is InChI=1S/C24H21N3O5/c1-14-2-4-15(5-3-14)13-32-20-9-8-19(27(30)31)11-18(20)12-25-26-23(28)21-16-6-7-17(10-16)22(21)24(26)29/h2-9,11-12,16-17,21-22H,10,13H2,1H3. The number of rotatable bonds is 6. The number of amides is 2. The number of imide groups is 1. The first-order valence-corrected chi connectivity index (χ1v) is 10.5. The Morgan fingerprint density at radius 3 is 2.38 bits per heavy atom. The zero-order valence-electron chi connectivity index (χ0n) is 17.4. The average molecular weight is 431 g/mol. The molecule has 2 amide bonds. The van der Waals surface area contributed by atoms with Crippen LogP contribution in [0.15, 0.2) is 59.7 Å². The Kier molecular flexibility index (Phi) is 4.84. The van der Waals surface area contributed by atoms with E-state index in [0.717, 1.165) is 22.6 Å². The van der Waals surface area contributed by atoms with Gasteiger partial charge in [-0.1, -0.05) is 42.0 Å². The van der Waals surface area contributed by atoms with Crippen molar-refractivity contribution in [3.63, 3.8) is 0 Å². The van der Waals surface area contributed by atoms with Crippen molar-refractivity contribution >= 4 is 23.7 Å². The molecule has 0 spiro atoms. The summed E-state index contributed by atoms with van der Waals surface area (Å²) in [4.78, 5) is 36.4. The van der Waals surface area contributed by atoms with E-state index in [1.807, 2.05) is 43.3 Å². The monoisotopic (exact) mass is 431 g/mol. The number of ether oxygens (including phenoxy) is 1. The van der Waals surface area contributed by atoms with Crippen molar-refractivity contribution in [2.45, 2.75) is 20.0 Å². The fourth-order valence-corrected chi connectivity index (χ4v) is 4.85. The van der Waals surface area contributed by atoms with Crippen LogP contribution < -0.4 is 4.74 Å². The molecule has 2 aromatic carbocycles. The van der Waals surface area contributed by atoms with Crippen molar-refractivity contribution < 1.29 is 19.2 Å². The zero-order valence-corrected chi connectivity index (χ0v) is 17.4. The molecular weight excluding hydrogens is 410 g/mol. The largest absolute Gasteiger partial charge is 0.488 e. The summed E-state index contributed by atoms with van der Waals surface area (Å²) < 4.78 is 5.87. The first kappa shape index (κ1) is 20.1. The lowest BCUT2D eigenvalue weighted by molar-refractivity contribution is -0.384. The van der Waals surface area contributed by atoms with E-state index < -0.39 is 4.92 Å². The predicted octanol–water partition coefficient (Wildman–Crippen LogP) is 3.62. The molecular formula is C24H21N3O5. The topological polar surface area (TPSA) is 102 Å². The molecule has 8 heteroatoms. The lowest BCUT2D eigenvalue weighted by atomic mass is 9.85. The van der Waals surface area contributed by atoms with Gasteiger partial charge in [-0.25, -0.2) is 0 Å². The predicted molar refractivity (Wildman–Crippen MR) is 116 cm³/mol. The maximum atomic E-state index is 12.8. The van der Waals surface area contributed by atoms with Crippen molar-refractivity contribution in [3.05, 3.63) is 81.4 Å². The highest BCUT2D eigenvalue weighted by molar-refractivity contribution is 6.07. The minimum absolute atomic E-state index is 0.0906. The molecule has 1 heterocycles. The Labute approximate surface area is 184 Å². The van der Waals surface area contributed by atoms with Crippen LogP contribution in [-0.4, -0.2) is 28.0 Å². The molecule has 162 valence electrons. The first-order chi connectivity index (χ1) is 15.4. The summed E-state index contributed by atoms with van der Waals surface area (Å²) >= 11 is 0. The molecule has 8 nitrogen and oxygen atoms in total. The van der Waals surface area contributed by atoms with Crippen molar-refractivity contribution in [2.24, 2.45) is 28.8 Å². The molecule has 4 atom stereocenters. The van der Waals surface area contributed by atoms with Gasteiger partial charge in [0.25, 0.3) is 17.5 Å². The lowest BCUT2D eigenvalue weighted by Crippen LogP contribution is -2.28. The smallest absolute Gasteiger partial charge is 0.270 e. The van der Waals surface area contributed by atoms with Crippen LogP contribution in [0.1, 0.15) is 23.1 Å². The van der Waals surface area contributed by atoms with E-state index in [1.165, 1.54) is 24.4 Å². The number of fused-ring (bicyclic) bond motifs is 5. The number of hydrogen-bond acceptors (Lipinski definition) is 6. The van der Waals surface area contributed by atoms with E-state index in [4.69, 9.17) is 4.74 Å². The van der Waals surface area contributed by atoms with Gasteiger partial charge in [-0.05, 0) is 36.8 Å². The number of nitro benzene ring substituents is 1. The van der Waals surface area contributed by atoms with Crippen molar-refractivity contribution in [2.75, 3.05) is 0 Å². The molecule has 2 aliphatic carbocycles. The normalized spacial score (nSPS) is 25.7. The van der Waals surface area contributed by atoms with E-state index >= 15 is 0 Å². The summed E-state index contributed by atoms with van der Waals surface area (Å²) in [6, 6.07) is 12.0. The molecule has 0 aromatic heterocycles. The minimum Gasteiger partial charge on any atom is -0.488 e. The molecule has 0 radical (unpaired) electrons. The van der Waals surface area contributed by atoms with Crippen molar-refractivity contribution in [1.29, 1.82) is 0 Å². The van der Waals surface area contributed by atoms with Gasteiger partial charge < -0.3 is 4.74 Å². The Morgan fingerprint density at radius 2 is 1.75 bits per heavy atom. The molecule has 0 N–H and O–H groups in total.